The maximum atomic E-state index is 12.6. The van der Waals surface area contributed by atoms with Crippen molar-refractivity contribution in [2.75, 3.05) is 20.2 Å². The van der Waals surface area contributed by atoms with E-state index in [2.05, 4.69) is 4.98 Å². The minimum atomic E-state index is -0.0853. The quantitative estimate of drug-likeness (QED) is 0.939. The third-order valence-corrected chi connectivity index (χ3v) is 4.16. The maximum absolute atomic E-state index is 12.6. The molecule has 0 radical (unpaired) electrons. The summed E-state index contributed by atoms with van der Waals surface area (Å²) in [5.74, 6) is 1.66. The number of ether oxygens (including phenoxy) is 1. The Bertz CT molecular complexity index is 686. The molecule has 1 aliphatic heterocycles. The van der Waals surface area contributed by atoms with Crippen molar-refractivity contribution >= 4 is 5.91 Å². The van der Waals surface area contributed by atoms with E-state index in [1.165, 1.54) is 0 Å². The van der Waals surface area contributed by atoms with E-state index in [0.717, 1.165) is 24.2 Å². The number of piperidine rings is 1. The van der Waals surface area contributed by atoms with Crippen molar-refractivity contribution < 1.29 is 13.9 Å². The van der Waals surface area contributed by atoms with Crippen LogP contribution in [0.3, 0.4) is 0 Å². The number of benzene rings is 1. The van der Waals surface area contributed by atoms with Gasteiger partial charge in [0.25, 0.3) is 5.91 Å². The number of carbonyl (C=O) groups is 1. The topological polar surface area (TPSA) is 81.6 Å². The summed E-state index contributed by atoms with van der Waals surface area (Å²) in [6.07, 6.45) is 1.65. The molecule has 0 saturated carbocycles. The first kappa shape index (κ1) is 15.6. The molecule has 0 atom stereocenters. The molecular weight excluding hydrogens is 294 g/mol. The molecule has 23 heavy (non-hydrogen) atoms. The Morgan fingerprint density at radius 1 is 1.30 bits per heavy atom. The van der Waals surface area contributed by atoms with Gasteiger partial charge in [0.2, 0.25) is 5.89 Å². The molecule has 0 unspecified atom stereocenters. The molecule has 6 heteroatoms. The highest BCUT2D eigenvalue weighted by atomic mass is 16.5. The fraction of sp³-hybridized carbons (Fsp3) is 0.412. The van der Waals surface area contributed by atoms with Crippen molar-refractivity contribution in [3.63, 3.8) is 0 Å². The van der Waals surface area contributed by atoms with E-state index in [-0.39, 0.29) is 11.9 Å². The fourth-order valence-electron chi connectivity index (χ4n) is 2.70. The Labute approximate surface area is 135 Å². The van der Waals surface area contributed by atoms with Gasteiger partial charge in [0.05, 0.1) is 7.11 Å². The summed E-state index contributed by atoms with van der Waals surface area (Å²) >= 11 is 0. The summed E-state index contributed by atoms with van der Waals surface area (Å²) in [6.45, 7) is 3.11. The average molecular weight is 315 g/mol. The zero-order chi connectivity index (χ0) is 16.4. The van der Waals surface area contributed by atoms with Crippen LogP contribution in [-0.4, -0.2) is 42.0 Å². The SMILES string of the molecule is COc1ccc(-c2nc(C(=O)N3CCC(N)CC3)c(C)o2)cc1. The van der Waals surface area contributed by atoms with Gasteiger partial charge in [-0.2, -0.15) is 0 Å². The highest BCUT2D eigenvalue weighted by Crippen LogP contribution is 2.25. The summed E-state index contributed by atoms with van der Waals surface area (Å²) in [6, 6.07) is 7.58. The van der Waals surface area contributed by atoms with Crippen LogP contribution in [0.15, 0.2) is 28.7 Å². The van der Waals surface area contributed by atoms with E-state index >= 15 is 0 Å². The number of aromatic nitrogens is 1. The number of rotatable bonds is 3. The van der Waals surface area contributed by atoms with Gasteiger partial charge in [0, 0.05) is 24.7 Å². The molecule has 6 nitrogen and oxygen atoms in total. The number of carbonyl (C=O) groups excluding carboxylic acids is 1. The monoisotopic (exact) mass is 315 g/mol. The van der Waals surface area contributed by atoms with Gasteiger partial charge in [-0.05, 0) is 44.0 Å². The van der Waals surface area contributed by atoms with Crippen LogP contribution in [0.2, 0.25) is 0 Å². The molecule has 1 saturated heterocycles. The number of oxazole rings is 1. The molecule has 122 valence electrons. The Morgan fingerprint density at radius 3 is 2.57 bits per heavy atom. The zero-order valence-corrected chi connectivity index (χ0v) is 13.4. The van der Waals surface area contributed by atoms with Gasteiger partial charge < -0.3 is 19.8 Å². The van der Waals surface area contributed by atoms with E-state index in [1.54, 1.807) is 18.9 Å². The zero-order valence-electron chi connectivity index (χ0n) is 13.4. The molecule has 1 fully saturated rings. The van der Waals surface area contributed by atoms with E-state index in [4.69, 9.17) is 14.9 Å². The molecule has 1 aromatic heterocycles. The van der Waals surface area contributed by atoms with Gasteiger partial charge >= 0.3 is 0 Å². The Balaban J connectivity index is 1.81. The van der Waals surface area contributed by atoms with Gasteiger partial charge in [-0.3, -0.25) is 4.79 Å². The van der Waals surface area contributed by atoms with Gasteiger partial charge in [-0.25, -0.2) is 4.98 Å². The number of likely N-dealkylation sites (tertiary alicyclic amines) is 1. The third kappa shape index (κ3) is 3.22. The van der Waals surface area contributed by atoms with Crippen molar-refractivity contribution in [1.82, 2.24) is 9.88 Å². The lowest BCUT2D eigenvalue weighted by Crippen LogP contribution is -2.43. The second kappa shape index (κ2) is 6.42. The summed E-state index contributed by atoms with van der Waals surface area (Å²) in [4.78, 5) is 18.8. The average Bonchev–Trinajstić information content (AvgIpc) is 2.97. The van der Waals surface area contributed by atoms with E-state index in [0.29, 0.717) is 30.4 Å². The van der Waals surface area contributed by atoms with E-state index < -0.39 is 0 Å². The fourth-order valence-corrected chi connectivity index (χ4v) is 2.70. The lowest BCUT2D eigenvalue weighted by molar-refractivity contribution is 0.0707. The predicted molar refractivity (Wildman–Crippen MR) is 86.3 cm³/mol. The Hall–Kier alpha value is -2.34. The lowest BCUT2D eigenvalue weighted by atomic mass is 10.1. The van der Waals surface area contributed by atoms with Crippen molar-refractivity contribution in [2.45, 2.75) is 25.8 Å². The number of nitrogens with zero attached hydrogens (tertiary/aromatic N) is 2. The lowest BCUT2D eigenvalue weighted by Gasteiger charge is -2.29. The van der Waals surface area contributed by atoms with Crippen molar-refractivity contribution in [2.24, 2.45) is 5.73 Å². The first-order valence-corrected chi connectivity index (χ1v) is 7.75. The van der Waals surface area contributed by atoms with Crippen LogP contribution >= 0.6 is 0 Å². The standard InChI is InChI=1S/C17H21N3O3/c1-11-15(17(21)20-9-7-13(18)8-10-20)19-16(23-11)12-3-5-14(22-2)6-4-12/h3-6,13H,7-10,18H2,1-2H3. The van der Waals surface area contributed by atoms with Gasteiger partial charge in [0.1, 0.15) is 11.5 Å². The van der Waals surface area contributed by atoms with Crippen LogP contribution in [0.25, 0.3) is 11.5 Å². The number of amides is 1. The van der Waals surface area contributed by atoms with Crippen LogP contribution in [0.4, 0.5) is 0 Å². The van der Waals surface area contributed by atoms with Crippen molar-refractivity contribution in [3.05, 3.63) is 35.7 Å². The van der Waals surface area contributed by atoms with Crippen LogP contribution in [0, 0.1) is 6.92 Å². The van der Waals surface area contributed by atoms with Gasteiger partial charge in [0.15, 0.2) is 5.69 Å². The second-order valence-electron chi connectivity index (χ2n) is 5.78. The number of nitrogens with two attached hydrogens (primary N) is 1. The summed E-state index contributed by atoms with van der Waals surface area (Å²) < 4.78 is 10.8. The summed E-state index contributed by atoms with van der Waals surface area (Å²) in [5.41, 5.74) is 7.08. The van der Waals surface area contributed by atoms with Crippen LogP contribution in [-0.2, 0) is 0 Å². The molecule has 2 aromatic rings. The maximum Gasteiger partial charge on any atom is 0.276 e. The molecule has 3 rings (SSSR count). The third-order valence-electron chi connectivity index (χ3n) is 4.16. The van der Waals surface area contributed by atoms with Crippen LogP contribution < -0.4 is 10.5 Å². The van der Waals surface area contributed by atoms with E-state index in [9.17, 15) is 4.79 Å². The largest absolute Gasteiger partial charge is 0.497 e. The van der Waals surface area contributed by atoms with Gasteiger partial charge in [-0.1, -0.05) is 0 Å². The van der Waals surface area contributed by atoms with E-state index in [1.807, 2.05) is 24.3 Å². The molecule has 0 bridgehead atoms. The first-order valence-electron chi connectivity index (χ1n) is 7.75. The highest BCUT2D eigenvalue weighted by Gasteiger charge is 2.26. The minimum Gasteiger partial charge on any atom is -0.497 e. The van der Waals surface area contributed by atoms with Crippen LogP contribution in [0.5, 0.6) is 5.75 Å². The normalized spacial score (nSPS) is 15.7. The molecule has 0 spiro atoms. The molecule has 1 amide bonds. The number of hydrogen-bond acceptors (Lipinski definition) is 5. The molecule has 2 N–H and O–H groups in total. The molecule has 2 heterocycles. The molecular formula is C17H21N3O3. The summed E-state index contributed by atoms with van der Waals surface area (Å²) in [5, 5.41) is 0. The smallest absolute Gasteiger partial charge is 0.276 e. The van der Waals surface area contributed by atoms with Gasteiger partial charge in [-0.15, -0.1) is 0 Å². The first-order chi connectivity index (χ1) is 11.1. The number of methoxy groups -OCH3 is 1. The number of hydrogen-bond donors (Lipinski definition) is 1. The molecule has 0 aliphatic carbocycles. The van der Waals surface area contributed by atoms with Crippen molar-refractivity contribution in [1.29, 1.82) is 0 Å². The van der Waals surface area contributed by atoms with Crippen molar-refractivity contribution in [3.8, 4) is 17.2 Å². The Kier molecular flexibility index (Phi) is 4.34. The number of aryl methyl sites for hydroxylation is 1. The molecule has 1 aromatic carbocycles. The molecule has 1 aliphatic rings. The van der Waals surface area contributed by atoms with Crippen LogP contribution in [0.1, 0.15) is 29.1 Å². The predicted octanol–water partition coefficient (Wildman–Crippen LogP) is 2.22. The second-order valence-corrected chi connectivity index (χ2v) is 5.78. The highest BCUT2D eigenvalue weighted by molar-refractivity contribution is 5.93. The minimum absolute atomic E-state index is 0.0853. The Morgan fingerprint density at radius 2 is 1.96 bits per heavy atom. The summed E-state index contributed by atoms with van der Waals surface area (Å²) in [7, 11) is 1.62.